The summed E-state index contributed by atoms with van der Waals surface area (Å²) in [7, 11) is 0. The van der Waals surface area contributed by atoms with Gasteiger partial charge in [0.25, 0.3) is 0 Å². The zero-order valence-electron chi connectivity index (χ0n) is 10.9. The third-order valence-electron chi connectivity index (χ3n) is 2.63. The summed E-state index contributed by atoms with van der Waals surface area (Å²) in [6.45, 7) is 8.65. The molecule has 0 aliphatic heterocycles. The van der Waals surface area contributed by atoms with Crippen LogP contribution in [0, 0.1) is 6.92 Å². The van der Waals surface area contributed by atoms with E-state index in [2.05, 4.69) is 4.98 Å². The highest BCUT2D eigenvalue weighted by Crippen LogP contribution is 2.38. The maximum Gasteiger partial charge on any atom is 0.418 e. The minimum absolute atomic E-state index is 0.141. The van der Waals surface area contributed by atoms with E-state index in [1.165, 1.54) is 13.0 Å². The van der Waals surface area contributed by atoms with E-state index >= 15 is 0 Å². The van der Waals surface area contributed by atoms with Crippen LogP contribution in [0.15, 0.2) is 6.07 Å². The largest absolute Gasteiger partial charge is 0.418 e. The Bertz CT molecular complexity index is 414. The fourth-order valence-electron chi connectivity index (χ4n) is 1.82. The number of hydrogen-bond acceptors (Lipinski definition) is 1. The molecule has 4 heteroatoms. The first-order chi connectivity index (χ1) is 7.57. The van der Waals surface area contributed by atoms with Gasteiger partial charge in [0.05, 0.1) is 11.3 Å². The summed E-state index contributed by atoms with van der Waals surface area (Å²) in [5.74, 6) is 0. The standard InChI is InChI=1S/C13H18F3N/c1-6-9-7-8(2)10(13(14,15)16)11(17-9)12(3,4)5/h7H,6H2,1-5H3. The van der Waals surface area contributed by atoms with Crippen LogP contribution < -0.4 is 0 Å². The lowest BCUT2D eigenvalue weighted by molar-refractivity contribution is -0.139. The van der Waals surface area contributed by atoms with Gasteiger partial charge in [-0.25, -0.2) is 0 Å². The molecule has 0 fully saturated rings. The Morgan fingerprint density at radius 3 is 2.06 bits per heavy atom. The average molecular weight is 245 g/mol. The molecule has 0 spiro atoms. The van der Waals surface area contributed by atoms with E-state index in [0.29, 0.717) is 12.1 Å². The maximum atomic E-state index is 13.0. The topological polar surface area (TPSA) is 12.9 Å². The van der Waals surface area contributed by atoms with Crippen LogP contribution >= 0.6 is 0 Å². The number of pyridine rings is 1. The quantitative estimate of drug-likeness (QED) is 0.720. The van der Waals surface area contributed by atoms with E-state index in [1.54, 1.807) is 20.8 Å². The molecule has 0 aromatic carbocycles. The van der Waals surface area contributed by atoms with Crippen LogP contribution in [-0.2, 0) is 18.0 Å². The van der Waals surface area contributed by atoms with Gasteiger partial charge in [0.2, 0.25) is 0 Å². The van der Waals surface area contributed by atoms with Gasteiger partial charge in [-0.1, -0.05) is 27.7 Å². The first-order valence-corrected chi connectivity index (χ1v) is 5.65. The summed E-state index contributed by atoms with van der Waals surface area (Å²) in [5.41, 5.74) is -0.0837. The number of halogens is 3. The Hall–Kier alpha value is -1.06. The molecule has 0 bridgehead atoms. The van der Waals surface area contributed by atoms with Crippen LogP contribution in [0.4, 0.5) is 13.2 Å². The molecular formula is C13H18F3N. The van der Waals surface area contributed by atoms with Crippen molar-refractivity contribution in [2.75, 3.05) is 0 Å². The van der Waals surface area contributed by atoms with Gasteiger partial charge < -0.3 is 0 Å². The molecule has 1 rings (SSSR count). The van der Waals surface area contributed by atoms with Crippen molar-refractivity contribution in [3.05, 3.63) is 28.6 Å². The minimum atomic E-state index is -4.34. The van der Waals surface area contributed by atoms with Crippen LogP contribution in [-0.4, -0.2) is 4.98 Å². The molecule has 0 aliphatic rings. The first-order valence-electron chi connectivity index (χ1n) is 5.65. The number of alkyl halides is 3. The number of aryl methyl sites for hydroxylation is 2. The molecular weight excluding hydrogens is 227 g/mol. The van der Waals surface area contributed by atoms with Gasteiger partial charge in [-0.05, 0) is 25.0 Å². The smallest absolute Gasteiger partial charge is 0.257 e. The van der Waals surface area contributed by atoms with E-state index in [-0.39, 0.29) is 11.3 Å². The number of rotatable bonds is 1. The fraction of sp³-hybridized carbons (Fsp3) is 0.615. The summed E-state index contributed by atoms with van der Waals surface area (Å²) in [4.78, 5) is 4.17. The molecule has 0 radical (unpaired) electrons. The second-order valence-electron chi connectivity index (χ2n) is 5.26. The predicted octanol–water partition coefficient (Wildman–Crippen LogP) is 4.27. The summed E-state index contributed by atoms with van der Waals surface area (Å²) >= 11 is 0. The Balaban J connectivity index is 3.58. The highest BCUT2D eigenvalue weighted by atomic mass is 19.4. The van der Waals surface area contributed by atoms with E-state index in [0.717, 1.165) is 0 Å². The normalized spacial score (nSPS) is 12.9. The Morgan fingerprint density at radius 2 is 1.71 bits per heavy atom. The molecule has 0 saturated heterocycles. The lowest BCUT2D eigenvalue weighted by Gasteiger charge is -2.25. The lowest BCUT2D eigenvalue weighted by Crippen LogP contribution is -2.23. The van der Waals surface area contributed by atoms with Gasteiger partial charge in [-0.2, -0.15) is 13.2 Å². The van der Waals surface area contributed by atoms with Gasteiger partial charge in [0.1, 0.15) is 0 Å². The molecule has 0 amide bonds. The number of aromatic nitrogens is 1. The molecule has 96 valence electrons. The molecule has 0 N–H and O–H groups in total. The van der Waals surface area contributed by atoms with Crippen molar-refractivity contribution in [3.63, 3.8) is 0 Å². The molecule has 1 heterocycles. The van der Waals surface area contributed by atoms with Crippen molar-refractivity contribution in [1.29, 1.82) is 0 Å². The molecule has 0 unspecified atom stereocenters. The van der Waals surface area contributed by atoms with Crippen LogP contribution in [0.25, 0.3) is 0 Å². The van der Waals surface area contributed by atoms with Gasteiger partial charge in [-0.3, -0.25) is 4.98 Å². The van der Waals surface area contributed by atoms with Crippen LogP contribution in [0.1, 0.15) is 50.2 Å². The van der Waals surface area contributed by atoms with E-state index in [4.69, 9.17) is 0 Å². The second-order valence-corrected chi connectivity index (χ2v) is 5.26. The van der Waals surface area contributed by atoms with Crippen molar-refractivity contribution in [1.82, 2.24) is 4.98 Å². The van der Waals surface area contributed by atoms with Crippen LogP contribution in [0.2, 0.25) is 0 Å². The lowest BCUT2D eigenvalue weighted by atomic mass is 9.86. The zero-order chi connectivity index (χ0) is 13.4. The van der Waals surface area contributed by atoms with Gasteiger partial charge >= 0.3 is 6.18 Å². The van der Waals surface area contributed by atoms with Crippen LogP contribution in [0.3, 0.4) is 0 Å². The zero-order valence-corrected chi connectivity index (χ0v) is 10.9. The third-order valence-corrected chi connectivity index (χ3v) is 2.63. The molecule has 1 aromatic heterocycles. The summed E-state index contributed by atoms with van der Waals surface area (Å²) in [6, 6.07) is 1.53. The van der Waals surface area contributed by atoms with E-state index in [1.807, 2.05) is 6.92 Å². The summed E-state index contributed by atoms with van der Waals surface area (Å²) in [6.07, 6.45) is -3.70. The van der Waals surface area contributed by atoms with Gasteiger partial charge in [0.15, 0.2) is 0 Å². The molecule has 0 aliphatic carbocycles. The highest BCUT2D eigenvalue weighted by molar-refractivity contribution is 5.37. The Labute approximate surface area is 100 Å². The van der Waals surface area contributed by atoms with Crippen molar-refractivity contribution in [2.24, 2.45) is 0 Å². The maximum absolute atomic E-state index is 13.0. The average Bonchev–Trinajstić information content (AvgIpc) is 2.12. The minimum Gasteiger partial charge on any atom is -0.257 e. The summed E-state index contributed by atoms with van der Waals surface area (Å²) < 4.78 is 39.1. The van der Waals surface area contributed by atoms with Crippen molar-refractivity contribution >= 4 is 0 Å². The van der Waals surface area contributed by atoms with E-state index < -0.39 is 17.2 Å². The van der Waals surface area contributed by atoms with Gasteiger partial charge in [0, 0.05) is 11.1 Å². The number of nitrogens with zero attached hydrogens (tertiary/aromatic N) is 1. The number of hydrogen-bond donors (Lipinski definition) is 0. The Morgan fingerprint density at radius 1 is 1.18 bits per heavy atom. The molecule has 1 aromatic rings. The molecule has 17 heavy (non-hydrogen) atoms. The molecule has 1 nitrogen and oxygen atoms in total. The fourth-order valence-corrected chi connectivity index (χ4v) is 1.82. The second kappa shape index (κ2) is 4.31. The van der Waals surface area contributed by atoms with Gasteiger partial charge in [-0.15, -0.1) is 0 Å². The SMILES string of the molecule is CCc1cc(C)c(C(F)(F)F)c(C(C)(C)C)n1. The third kappa shape index (κ3) is 2.99. The van der Waals surface area contributed by atoms with Crippen molar-refractivity contribution in [2.45, 2.75) is 52.6 Å². The van der Waals surface area contributed by atoms with Crippen molar-refractivity contribution < 1.29 is 13.2 Å². The molecule has 0 saturated carbocycles. The monoisotopic (exact) mass is 245 g/mol. The summed E-state index contributed by atoms with van der Waals surface area (Å²) in [5, 5.41) is 0. The molecule has 0 atom stereocenters. The van der Waals surface area contributed by atoms with Crippen LogP contribution in [0.5, 0.6) is 0 Å². The van der Waals surface area contributed by atoms with Crippen molar-refractivity contribution in [3.8, 4) is 0 Å². The highest BCUT2D eigenvalue weighted by Gasteiger charge is 2.39. The Kier molecular flexibility index (Phi) is 3.55. The first kappa shape index (κ1) is 14.0. The predicted molar refractivity (Wildman–Crippen MR) is 62.1 cm³/mol. The van der Waals surface area contributed by atoms with E-state index in [9.17, 15) is 13.2 Å².